The van der Waals surface area contributed by atoms with Gasteiger partial charge in [-0.2, -0.15) is 0 Å². The van der Waals surface area contributed by atoms with Crippen LogP contribution in [0.1, 0.15) is 24.9 Å². The van der Waals surface area contributed by atoms with E-state index in [0.717, 1.165) is 27.9 Å². The monoisotopic (exact) mass is 353 g/mol. The number of anilines is 1. The van der Waals surface area contributed by atoms with Crippen LogP contribution in [0.25, 0.3) is 0 Å². The van der Waals surface area contributed by atoms with E-state index in [-0.39, 0.29) is 6.04 Å². The number of hydrogen-bond acceptors (Lipinski definition) is 2. The Hall–Kier alpha value is -1.19. The lowest BCUT2D eigenvalue weighted by atomic mass is 10.0. The zero-order valence-corrected chi connectivity index (χ0v) is 13.8. The quantitative estimate of drug-likeness (QED) is 0.746. The Morgan fingerprint density at radius 1 is 1.20 bits per heavy atom. The predicted octanol–water partition coefficient (Wildman–Crippen LogP) is 5.67. The summed E-state index contributed by atoms with van der Waals surface area (Å²) in [6.45, 7) is 2.14. The molecule has 0 radical (unpaired) electrons. The molecule has 0 amide bonds. The largest absolute Gasteiger partial charge is 0.496 e. The van der Waals surface area contributed by atoms with E-state index in [2.05, 4.69) is 34.2 Å². The second-order valence-corrected chi connectivity index (χ2v) is 5.65. The van der Waals surface area contributed by atoms with Crippen molar-refractivity contribution < 1.29 is 4.74 Å². The van der Waals surface area contributed by atoms with Gasteiger partial charge in [0.05, 0.1) is 28.3 Å². The van der Waals surface area contributed by atoms with Crippen molar-refractivity contribution in [2.75, 3.05) is 12.4 Å². The Labute approximate surface area is 133 Å². The number of nitrogens with one attached hydrogen (secondary N) is 1. The number of rotatable bonds is 5. The molecule has 0 fully saturated rings. The van der Waals surface area contributed by atoms with Gasteiger partial charge in [-0.3, -0.25) is 0 Å². The van der Waals surface area contributed by atoms with Gasteiger partial charge in [-0.1, -0.05) is 42.8 Å². The van der Waals surface area contributed by atoms with Crippen LogP contribution in [0.4, 0.5) is 5.69 Å². The van der Waals surface area contributed by atoms with E-state index >= 15 is 0 Å². The molecule has 2 aromatic carbocycles. The first-order valence-corrected chi connectivity index (χ1v) is 7.68. The number of hydrogen-bond donors (Lipinski definition) is 1. The van der Waals surface area contributed by atoms with Crippen molar-refractivity contribution in [3.05, 3.63) is 57.5 Å². The van der Waals surface area contributed by atoms with Crippen molar-refractivity contribution in [1.82, 2.24) is 0 Å². The van der Waals surface area contributed by atoms with Gasteiger partial charge in [-0.05, 0) is 40.5 Å². The molecule has 1 atom stereocenters. The maximum Gasteiger partial charge on any atom is 0.124 e. The van der Waals surface area contributed by atoms with Crippen LogP contribution in [0, 0.1) is 0 Å². The number of benzene rings is 2. The zero-order valence-electron chi connectivity index (χ0n) is 11.5. The average Bonchev–Trinajstić information content (AvgIpc) is 2.49. The molecule has 0 aliphatic heterocycles. The van der Waals surface area contributed by atoms with Gasteiger partial charge >= 0.3 is 0 Å². The third kappa shape index (κ3) is 3.28. The predicted molar refractivity (Wildman–Crippen MR) is 88.8 cm³/mol. The topological polar surface area (TPSA) is 21.3 Å². The number of para-hydroxylation sites is 1. The Balaban J connectivity index is 2.31. The lowest BCUT2D eigenvalue weighted by molar-refractivity contribution is 0.406. The fourth-order valence-corrected chi connectivity index (χ4v) is 2.71. The molecular weight excluding hydrogens is 338 g/mol. The second kappa shape index (κ2) is 7.00. The zero-order chi connectivity index (χ0) is 14.5. The first kappa shape index (κ1) is 15.2. The molecule has 0 spiro atoms. The van der Waals surface area contributed by atoms with Crippen molar-refractivity contribution in [2.45, 2.75) is 19.4 Å². The van der Waals surface area contributed by atoms with Crippen LogP contribution >= 0.6 is 27.5 Å². The molecule has 2 aromatic rings. The molecule has 1 N–H and O–H groups in total. The van der Waals surface area contributed by atoms with Crippen molar-refractivity contribution in [1.29, 1.82) is 0 Å². The van der Waals surface area contributed by atoms with Crippen molar-refractivity contribution in [3.63, 3.8) is 0 Å². The fourth-order valence-electron chi connectivity index (χ4n) is 2.16. The van der Waals surface area contributed by atoms with Crippen LogP contribution in [0.3, 0.4) is 0 Å². The Morgan fingerprint density at radius 3 is 2.65 bits per heavy atom. The molecule has 1 unspecified atom stereocenters. The van der Waals surface area contributed by atoms with Crippen LogP contribution in [-0.2, 0) is 0 Å². The highest BCUT2D eigenvalue weighted by atomic mass is 79.9. The minimum atomic E-state index is 0.168. The normalized spacial score (nSPS) is 12.0. The lowest BCUT2D eigenvalue weighted by Crippen LogP contribution is -2.11. The molecule has 0 saturated heterocycles. The van der Waals surface area contributed by atoms with E-state index in [0.29, 0.717) is 5.02 Å². The minimum absolute atomic E-state index is 0.168. The van der Waals surface area contributed by atoms with E-state index in [1.165, 1.54) is 0 Å². The van der Waals surface area contributed by atoms with Crippen LogP contribution in [0.5, 0.6) is 5.75 Å². The Morgan fingerprint density at radius 2 is 1.95 bits per heavy atom. The molecule has 0 bridgehead atoms. The van der Waals surface area contributed by atoms with Crippen molar-refractivity contribution in [3.8, 4) is 5.75 Å². The highest BCUT2D eigenvalue weighted by molar-refractivity contribution is 9.10. The second-order valence-electron chi connectivity index (χ2n) is 4.45. The number of halogens is 2. The Kier molecular flexibility index (Phi) is 5.32. The molecular formula is C16H17BrClNO. The van der Waals surface area contributed by atoms with Gasteiger partial charge in [0.25, 0.3) is 0 Å². The molecule has 0 aliphatic carbocycles. The maximum atomic E-state index is 6.13. The van der Waals surface area contributed by atoms with Gasteiger partial charge < -0.3 is 10.1 Å². The lowest BCUT2D eigenvalue weighted by Gasteiger charge is -2.22. The van der Waals surface area contributed by atoms with Gasteiger partial charge in [0.15, 0.2) is 0 Å². The maximum absolute atomic E-state index is 6.13. The SMILES string of the molecule is CCC(Nc1cccc(Cl)c1Br)c1ccccc1OC. The smallest absolute Gasteiger partial charge is 0.124 e. The highest BCUT2D eigenvalue weighted by Crippen LogP contribution is 2.35. The van der Waals surface area contributed by atoms with Gasteiger partial charge in [-0.25, -0.2) is 0 Å². The molecule has 0 heterocycles. The summed E-state index contributed by atoms with van der Waals surface area (Å²) in [5, 5.41) is 4.22. The molecule has 0 aromatic heterocycles. The standard InChI is InChI=1S/C16H17BrClNO/c1-3-13(11-7-4-5-10-15(11)20-2)19-14-9-6-8-12(18)16(14)17/h4-10,13,19H,3H2,1-2H3. The van der Waals surface area contributed by atoms with Gasteiger partial charge in [0.1, 0.15) is 5.75 Å². The van der Waals surface area contributed by atoms with E-state index in [4.69, 9.17) is 16.3 Å². The third-order valence-electron chi connectivity index (χ3n) is 3.20. The van der Waals surface area contributed by atoms with E-state index in [1.54, 1.807) is 7.11 Å². The Bertz CT molecular complexity index is 588. The summed E-state index contributed by atoms with van der Waals surface area (Å²) in [4.78, 5) is 0. The van der Waals surface area contributed by atoms with Gasteiger partial charge in [-0.15, -0.1) is 0 Å². The summed E-state index contributed by atoms with van der Waals surface area (Å²) < 4.78 is 6.33. The van der Waals surface area contributed by atoms with Crippen molar-refractivity contribution in [2.24, 2.45) is 0 Å². The summed E-state index contributed by atoms with van der Waals surface area (Å²) in [7, 11) is 1.70. The summed E-state index contributed by atoms with van der Waals surface area (Å²) in [5.41, 5.74) is 2.12. The summed E-state index contributed by atoms with van der Waals surface area (Å²) >= 11 is 9.65. The van der Waals surface area contributed by atoms with E-state index in [9.17, 15) is 0 Å². The molecule has 4 heteroatoms. The van der Waals surface area contributed by atoms with Crippen LogP contribution < -0.4 is 10.1 Å². The molecule has 2 rings (SSSR count). The minimum Gasteiger partial charge on any atom is -0.496 e. The number of methoxy groups -OCH3 is 1. The van der Waals surface area contributed by atoms with Crippen molar-refractivity contribution >= 4 is 33.2 Å². The molecule has 0 saturated carbocycles. The van der Waals surface area contributed by atoms with E-state index < -0.39 is 0 Å². The number of ether oxygens (including phenoxy) is 1. The summed E-state index contributed by atoms with van der Waals surface area (Å²) in [6.07, 6.45) is 0.944. The molecule has 106 valence electrons. The molecule has 20 heavy (non-hydrogen) atoms. The summed E-state index contributed by atoms with van der Waals surface area (Å²) in [5.74, 6) is 0.894. The van der Waals surface area contributed by atoms with Gasteiger partial charge in [0.2, 0.25) is 0 Å². The van der Waals surface area contributed by atoms with Gasteiger partial charge in [0, 0.05) is 5.56 Å². The fraction of sp³-hybridized carbons (Fsp3) is 0.250. The summed E-state index contributed by atoms with van der Waals surface area (Å²) in [6, 6.07) is 14.0. The first-order chi connectivity index (χ1) is 9.67. The van der Waals surface area contributed by atoms with Crippen LogP contribution in [-0.4, -0.2) is 7.11 Å². The van der Waals surface area contributed by atoms with Crippen LogP contribution in [0.2, 0.25) is 5.02 Å². The first-order valence-electron chi connectivity index (χ1n) is 6.50. The molecule has 0 aliphatic rings. The average molecular weight is 355 g/mol. The third-order valence-corrected chi connectivity index (χ3v) is 4.60. The van der Waals surface area contributed by atoms with E-state index in [1.807, 2.05) is 36.4 Å². The van der Waals surface area contributed by atoms with Crippen LogP contribution in [0.15, 0.2) is 46.9 Å². The highest BCUT2D eigenvalue weighted by Gasteiger charge is 2.15. The molecule has 2 nitrogen and oxygen atoms in total.